The van der Waals surface area contributed by atoms with Crippen LogP contribution < -0.4 is 10.1 Å². The highest BCUT2D eigenvalue weighted by Gasteiger charge is 2.39. The Labute approximate surface area is 126 Å². The molecule has 0 aliphatic heterocycles. The maximum absolute atomic E-state index is 11.9. The third-order valence-corrected chi connectivity index (χ3v) is 4.15. The minimum atomic E-state index is -1.68. The van der Waals surface area contributed by atoms with E-state index in [1.807, 2.05) is 0 Å². The number of aliphatic hydroxyl groups is 1. The van der Waals surface area contributed by atoms with Crippen LogP contribution in [-0.2, 0) is 0 Å². The van der Waals surface area contributed by atoms with E-state index in [1.165, 1.54) is 14.0 Å². The van der Waals surface area contributed by atoms with Crippen molar-refractivity contribution in [3.05, 3.63) is 29.8 Å². The van der Waals surface area contributed by atoms with Crippen molar-refractivity contribution in [1.82, 2.24) is 5.32 Å². The van der Waals surface area contributed by atoms with Crippen molar-refractivity contribution in [2.75, 3.05) is 7.11 Å². The lowest BCUT2D eigenvalue weighted by molar-refractivity contribution is 0.0742. The van der Waals surface area contributed by atoms with Crippen molar-refractivity contribution < 1.29 is 14.6 Å². The van der Waals surface area contributed by atoms with Gasteiger partial charge in [-0.3, -0.25) is 4.79 Å². The van der Waals surface area contributed by atoms with Crippen LogP contribution in [0.3, 0.4) is 0 Å². The molecule has 7 heteroatoms. The molecule has 1 rings (SSSR count). The standard InChI is InChI=1S/C12H14Cl3NO3/c1-7(13)12(14,15)11(18)16-10(17)8-3-5-9(19-2)6-4-8/h3-7,11,18H,1-2H3,(H,16,17). The van der Waals surface area contributed by atoms with E-state index in [0.29, 0.717) is 11.3 Å². The number of hydrogen-bond acceptors (Lipinski definition) is 3. The molecule has 0 aliphatic rings. The summed E-state index contributed by atoms with van der Waals surface area (Å²) in [4.78, 5) is 11.9. The minimum Gasteiger partial charge on any atom is -0.497 e. The summed E-state index contributed by atoms with van der Waals surface area (Å²) in [5, 5.41) is 11.3. The number of alkyl halides is 3. The van der Waals surface area contributed by atoms with E-state index < -0.39 is 21.8 Å². The lowest BCUT2D eigenvalue weighted by Gasteiger charge is -2.28. The maximum Gasteiger partial charge on any atom is 0.253 e. The minimum absolute atomic E-state index is 0.339. The number of carbonyl (C=O) groups excluding carboxylic acids is 1. The molecule has 2 N–H and O–H groups in total. The Hall–Kier alpha value is -0.680. The zero-order chi connectivity index (χ0) is 14.6. The van der Waals surface area contributed by atoms with E-state index in [1.54, 1.807) is 24.3 Å². The fraction of sp³-hybridized carbons (Fsp3) is 0.417. The zero-order valence-corrected chi connectivity index (χ0v) is 12.6. The highest BCUT2D eigenvalue weighted by molar-refractivity contribution is 6.52. The lowest BCUT2D eigenvalue weighted by atomic mass is 10.2. The topological polar surface area (TPSA) is 58.6 Å². The first-order chi connectivity index (χ1) is 8.78. The predicted octanol–water partition coefficient (Wildman–Crippen LogP) is 2.54. The Morgan fingerprint density at radius 2 is 1.89 bits per heavy atom. The molecule has 1 amide bonds. The van der Waals surface area contributed by atoms with Crippen LogP contribution in [0.5, 0.6) is 5.75 Å². The van der Waals surface area contributed by atoms with E-state index in [9.17, 15) is 9.90 Å². The van der Waals surface area contributed by atoms with Gasteiger partial charge in [0.05, 0.1) is 12.5 Å². The van der Waals surface area contributed by atoms with Crippen LogP contribution in [0.2, 0.25) is 0 Å². The molecule has 0 bridgehead atoms. The summed E-state index contributed by atoms with van der Waals surface area (Å²) >= 11 is 17.4. The second-order valence-electron chi connectivity index (χ2n) is 3.90. The van der Waals surface area contributed by atoms with E-state index in [-0.39, 0.29) is 0 Å². The molecule has 106 valence electrons. The number of hydrogen-bond donors (Lipinski definition) is 2. The summed E-state index contributed by atoms with van der Waals surface area (Å²) in [5.41, 5.74) is 0.339. The molecular formula is C12H14Cl3NO3. The van der Waals surface area contributed by atoms with E-state index in [0.717, 1.165) is 0 Å². The smallest absolute Gasteiger partial charge is 0.253 e. The van der Waals surface area contributed by atoms with Crippen molar-refractivity contribution in [2.24, 2.45) is 0 Å². The highest BCUT2D eigenvalue weighted by Crippen LogP contribution is 2.32. The van der Waals surface area contributed by atoms with Crippen LogP contribution in [0.1, 0.15) is 17.3 Å². The molecule has 2 unspecified atom stereocenters. The molecule has 0 spiro atoms. The number of nitrogens with one attached hydrogen (secondary N) is 1. The third-order valence-electron chi connectivity index (χ3n) is 2.51. The van der Waals surface area contributed by atoms with Gasteiger partial charge in [-0.15, -0.1) is 11.6 Å². The summed E-state index contributed by atoms with van der Waals surface area (Å²) in [5.74, 6) is 0.105. The number of halogens is 3. The molecule has 0 saturated carbocycles. The molecule has 19 heavy (non-hydrogen) atoms. The highest BCUT2D eigenvalue weighted by atomic mass is 35.5. The van der Waals surface area contributed by atoms with Crippen molar-refractivity contribution in [2.45, 2.75) is 22.9 Å². The zero-order valence-electron chi connectivity index (χ0n) is 10.4. The Morgan fingerprint density at radius 1 is 1.37 bits per heavy atom. The molecule has 0 aliphatic carbocycles. The Balaban J connectivity index is 2.73. The maximum atomic E-state index is 11.9. The Morgan fingerprint density at radius 3 is 2.32 bits per heavy atom. The van der Waals surface area contributed by atoms with E-state index in [2.05, 4.69) is 5.32 Å². The molecular weight excluding hydrogens is 312 g/mol. The number of methoxy groups -OCH3 is 1. The van der Waals surface area contributed by atoms with Crippen LogP contribution in [0.15, 0.2) is 24.3 Å². The van der Waals surface area contributed by atoms with Gasteiger partial charge in [-0.05, 0) is 31.2 Å². The van der Waals surface area contributed by atoms with Crippen molar-refractivity contribution in [1.29, 1.82) is 0 Å². The Kier molecular flexibility index (Phi) is 5.74. The van der Waals surface area contributed by atoms with Gasteiger partial charge in [0.2, 0.25) is 0 Å². The fourth-order valence-corrected chi connectivity index (χ4v) is 1.49. The fourth-order valence-electron chi connectivity index (χ4n) is 1.26. The molecule has 0 radical (unpaired) electrons. The third kappa shape index (κ3) is 4.14. The van der Waals surface area contributed by atoms with Crippen molar-refractivity contribution >= 4 is 40.7 Å². The van der Waals surface area contributed by atoms with Gasteiger partial charge in [0.15, 0.2) is 10.6 Å². The molecule has 0 saturated heterocycles. The van der Waals surface area contributed by atoms with Gasteiger partial charge in [-0.25, -0.2) is 0 Å². The van der Waals surface area contributed by atoms with Gasteiger partial charge in [-0.1, -0.05) is 23.2 Å². The number of aliphatic hydroxyl groups excluding tert-OH is 1. The number of benzene rings is 1. The average Bonchev–Trinajstić information content (AvgIpc) is 2.38. The molecule has 1 aromatic rings. The van der Waals surface area contributed by atoms with Gasteiger partial charge in [0.25, 0.3) is 5.91 Å². The lowest BCUT2D eigenvalue weighted by Crippen LogP contribution is -2.50. The Bertz CT molecular complexity index is 434. The summed E-state index contributed by atoms with van der Waals surface area (Å²) in [7, 11) is 1.52. The van der Waals surface area contributed by atoms with Crippen LogP contribution >= 0.6 is 34.8 Å². The van der Waals surface area contributed by atoms with Crippen molar-refractivity contribution in [3.8, 4) is 5.75 Å². The summed E-state index contributed by atoms with van der Waals surface area (Å²) in [6.45, 7) is 1.52. The quantitative estimate of drug-likeness (QED) is 0.646. The first-order valence-electron chi connectivity index (χ1n) is 5.44. The van der Waals surface area contributed by atoms with Gasteiger partial charge >= 0.3 is 0 Å². The van der Waals surface area contributed by atoms with E-state index in [4.69, 9.17) is 39.5 Å². The number of ether oxygens (including phenoxy) is 1. The van der Waals surface area contributed by atoms with Gasteiger partial charge in [0, 0.05) is 5.56 Å². The van der Waals surface area contributed by atoms with Crippen LogP contribution in [0.25, 0.3) is 0 Å². The SMILES string of the molecule is COc1ccc(C(=O)NC(O)C(Cl)(Cl)C(C)Cl)cc1. The monoisotopic (exact) mass is 325 g/mol. The number of rotatable bonds is 5. The van der Waals surface area contributed by atoms with Crippen LogP contribution in [0, 0.1) is 0 Å². The molecule has 4 nitrogen and oxygen atoms in total. The average molecular weight is 327 g/mol. The number of amides is 1. The summed E-state index contributed by atoms with van der Waals surface area (Å²) in [6.07, 6.45) is -1.49. The van der Waals surface area contributed by atoms with E-state index >= 15 is 0 Å². The number of carbonyl (C=O) groups is 1. The largest absolute Gasteiger partial charge is 0.497 e. The predicted molar refractivity (Wildman–Crippen MR) is 76.2 cm³/mol. The molecule has 0 aromatic heterocycles. The molecule has 0 heterocycles. The first kappa shape index (κ1) is 16.4. The van der Waals surface area contributed by atoms with Crippen LogP contribution in [-0.4, -0.2) is 34.1 Å². The summed E-state index contributed by atoms with van der Waals surface area (Å²) in [6, 6.07) is 6.35. The molecule has 1 aromatic carbocycles. The van der Waals surface area contributed by atoms with Gasteiger partial charge in [-0.2, -0.15) is 0 Å². The second-order valence-corrected chi connectivity index (χ2v) is 5.99. The van der Waals surface area contributed by atoms with Crippen molar-refractivity contribution in [3.63, 3.8) is 0 Å². The van der Waals surface area contributed by atoms with Gasteiger partial charge < -0.3 is 15.2 Å². The van der Waals surface area contributed by atoms with Gasteiger partial charge in [0.1, 0.15) is 5.75 Å². The second kappa shape index (κ2) is 6.66. The molecule has 0 fully saturated rings. The first-order valence-corrected chi connectivity index (χ1v) is 6.63. The van der Waals surface area contributed by atoms with Crippen LogP contribution in [0.4, 0.5) is 0 Å². The molecule has 2 atom stereocenters. The normalized spacial score (nSPS) is 14.6. The summed E-state index contributed by atoms with van der Waals surface area (Å²) < 4.78 is 3.30.